The van der Waals surface area contributed by atoms with Crippen LogP contribution in [0.2, 0.25) is 0 Å². The van der Waals surface area contributed by atoms with Crippen LogP contribution in [0, 0.1) is 0 Å². The van der Waals surface area contributed by atoms with Crippen molar-refractivity contribution in [3.63, 3.8) is 0 Å². The molecule has 0 bridgehead atoms. The smallest absolute Gasteiger partial charge is 0.351 e. The van der Waals surface area contributed by atoms with Crippen LogP contribution in [-0.4, -0.2) is 17.4 Å². The molecule has 7 heteroatoms. The molecule has 0 unspecified atom stereocenters. The van der Waals surface area contributed by atoms with Crippen molar-refractivity contribution >= 4 is 17.2 Å². The molecule has 3 nitrogen and oxygen atoms in total. The van der Waals surface area contributed by atoms with Crippen molar-refractivity contribution in [1.29, 1.82) is 0 Å². The summed E-state index contributed by atoms with van der Waals surface area (Å²) in [6.07, 6.45) is -3.90. The third-order valence-electron chi connectivity index (χ3n) is 1.58. The van der Waals surface area contributed by atoms with E-state index in [1.54, 1.807) is 0 Å². The van der Waals surface area contributed by atoms with Crippen molar-refractivity contribution in [2.45, 2.75) is 19.5 Å². The average Bonchev–Trinajstić information content (AvgIpc) is 2.61. The predicted octanol–water partition coefficient (Wildman–Crippen LogP) is 2.30. The Bertz CT molecular complexity index is 348. The molecule has 1 heterocycles. The highest BCUT2D eigenvalue weighted by molar-refractivity contribution is 7.11. The van der Waals surface area contributed by atoms with Gasteiger partial charge in [-0.25, -0.2) is 4.98 Å². The fourth-order valence-electron chi connectivity index (χ4n) is 0.928. The molecule has 0 aliphatic rings. The molecule has 1 N–H and O–H groups in total. The van der Waals surface area contributed by atoms with E-state index in [9.17, 15) is 18.0 Å². The summed E-state index contributed by atoms with van der Waals surface area (Å²) in [6, 6.07) is 0. The van der Waals surface area contributed by atoms with E-state index >= 15 is 0 Å². The van der Waals surface area contributed by atoms with Gasteiger partial charge in [-0.05, 0) is 6.42 Å². The van der Waals surface area contributed by atoms with Gasteiger partial charge in [-0.15, -0.1) is 11.3 Å². The van der Waals surface area contributed by atoms with Crippen molar-refractivity contribution in [3.8, 4) is 0 Å². The normalized spacial score (nSPS) is 11.5. The van der Waals surface area contributed by atoms with Gasteiger partial charge in [-0.3, -0.25) is 4.79 Å². The highest BCUT2D eigenvalue weighted by atomic mass is 32.1. The number of halogens is 3. The summed E-state index contributed by atoms with van der Waals surface area (Å²) >= 11 is 0.692. The first kappa shape index (κ1) is 12.0. The summed E-state index contributed by atoms with van der Waals surface area (Å²) in [5.41, 5.74) is -0.0925. The molecule has 0 aromatic carbocycles. The first-order valence-electron chi connectivity index (χ1n) is 4.25. The van der Waals surface area contributed by atoms with Crippen LogP contribution in [-0.2, 0) is 6.18 Å². The minimum Gasteiger partial charge on any atom is -0.351 e. The van der Waals surface area contributed by atoms with Crippen LogP contribution >= 0.6 is 11.3 Å². The molecule has 1 rings (SSSR count). The number of amides is 1. The molecule has 0 saturated heterocycles. The number of nitrogens with zero attached hydrogens (tertiary/aromatic N) is 1. The van der Waals surface area contributed by atoms with Crippen LogP contribution in [0.3, 0.4) is 0 Å². The Morgan fingerprint density at radius 3 is 2.80 bits per heavy atom. The lowest BCUT2D eigenvalue weighted by Crippen LogP contribution is -2.25. The molecule has 0 fully saturated rings. The molecule has 0 aliphatic carbocycles. The van der Waals surface area contributed by atoms with Gasteiger partial charge in [0.15, 0.2) is 5.69 Å². The summed E-state index contributed by atoms with van der Waals surface area (Å²) in [5, 5.41) is 2.38. The van der Waals surface area contributed by atoms with Gasteiger partial charge in [0.1, 0.15) is 4.88 Å². The molecular formula is C8H9F3N2OS. The maximum atomic E-state index is 12.3. The van der Waals surface area contributed by atoms with Gasteiger partial charge in [-0.1, -0.05) is 6.92 Å². The van der Waals surface area contributed by atoms with E-state index in [0.29, 0.717) is 24.3 Å². The molecule has 84 valence electrons. The summed E-state index contributed by atoms with van der Waals surface area (Å²) in [4.78, 5) is 14.1. The van der Waals surface area contributed by atoms with Crippen molar-refractivity contribution in [1.82, 2.24) is 10.3 Å². The third-order valence-corrected chi connectivity index (χ3v) is 2.40. The van der Waals surface area contributed by atoms with Crippen LogP contribution in [0.1, 0.15) is 28.7 Å². The lowest BCUT2D eigenvalue weighted by Gasteiger charge is -2.06. The Labute approximate surface area is 88.3 Å². The first-order valence-corrected chi connectivity index (χ1v) is 5.13. The Hall–Kier alpha value is -1.11. The molecule has 1 aromatic rings. The number of thiazole rings is 1. The molecule has 0 spiro atoms. The Morgan fingerprint density at radius 2 is 2.27 bits per heavy atom. The average molecular weight is 238 g/mol. The molecule has 0 atom stereocenters. The van der Waals surface area contributed by atoms with Crippen LogP contribution in [0.5, 0.6) is 0 Å². The zero-order valence-electron chi connectivity index (χ0n) is 7.89. The lowest BCUT2D eigenvalue weighted by atomic mass is 10.3. The highest BCUT2D eigenvalue weighted by Gasteiger charge is 2.38. The lowest BCUT2D eigenvalue weighted by molar-refractivity contribution is -0.141. The van der Waals surface area contributed by atoms with E-state index < -0.39 is 17.8 Å². The van der Waals surface area contributed by atoms with Gasteiger partial charge < -0.3 is 5.32 Å². The fourth-order valence-corrected chi connectivity index (χ4v) is 1.65. The number of aromatic nitrogens is 1. The molecular weight excluding hydrogens is 229 g/mol. The Kier molecular flexibility index (Phi) is 3.67. The van der Waals surface area contributed by atoms with Crippen LogP contribution in [0.15, 0.2) is 5.51 Å². The molecule has 15 heavy (non-hydrogen) atoms. The fraction of sp³-hybridized carbons (Fsp3) is 0.500. The highest BCUT2D eigenvalue weighted by Crippen LogP contribution is 2.32. The SMILES string of the molecule is CCCNC(=O)c1scnc1C(F)(F)F. The number of hydrogen-bond donors (Lipinski definition) is 1. The van der Waals surface area contributed by atoms with E-state index in [4.69, 9.17) is 0 Å². The number of nitrogens with one attached hydrogen (secondary N) is 1. The van der Waals surface area contributed by atoms with Gasteiger partial charge in [-0.2, -0.15) is 13.2 Å². The second-order valence-electron chi connectivity index (χ2n) is 2.78. The quantitative estimate of drug-likeness (QED) is 0.877. The maximum Gasteiger partial charge on any atom is 0.434 e. The van der Waals surface area contributed by atoms with Crippen LogP contribution < -0.4 is 5.32 Å². The number of rotatable bonds is 3. The van der Waals surface area contributed by atoms with Crippen molar-refractivity contribution in [2.24, 2.45) is 0 Å². The summed E-state index contributed by atoms with van der Waals surface area (Å²) in [5.74, 6) is -0.716. The van der Waals surface area contributed by atoms with Gasteiger partial charge in [0.25, 0.3) is 5.91 Å². The van der Waals surface area contributed by atoms with E-state index in [1.165, 1.54) is 0 Å². The number of alkyl halides is 3. The van der Waals surface area contributed by atoms with Crippen molar-refractivity contribution < 1.29 is 18.0 Å². The predicted molar refractivity (Wildman–Crippen MR) is 49.7 cm³/mol. The number of carbonyl (C=O) groups excluding carboxylic acids is 1. The van der Waals surface area contributed by atoms with E-state index in [-0.39, 0.29) is 4.88 Å². The van der Waals surface area contributed by atoms with Gasteiger partial charge in [0, 0.05) is 6.54 Å². The summed E-state index contributed by atoms with van der Waals surface area (Å²) in [6.45, 7) is 2.17. The first-order chi connectivity index (χ1) is 6.96. The van der Waals surface area contributed by atoms with Gasteiger partial charge in [0.05, 0.1) is 5.51 Å². The van der Waals surface area contributed by atoms with Gasteiger partial charge in [0.2, 0.25) is 0 Å². The van der Waals surface area contributed by atoms with Gasteiger partial charge >= 0.3 is 6.18 Å². The maximum absolute atomic E-state index is 12.3. The minimum atomic E-state index is -4.57. The molecule has 0 aliphatic heterocycles. The Balaban J connectivity index is 2.86. The summed E-state index contributed by atoms with van der Waals surface area (Å²) < 4.78 is 37.0. The van der Waals surface area contributed by atoms with Crippen LogP contribution in [0.25, 0.3) is 0 Å². The molecule has 1 amide bonds. The van der Waals surface area contributed by atoms with E-state index in [0.717, 1.165) is 5.51 Å². The monoisotopic (exact) mass is 238 g/mol. The largest absolute Gasteiger partial charge is 0.434 e. The Morgan fingerprint density at radius 1 is 1.60 bits per heavy atom. The van der Waals surface area contributed by atoms with Crippen LogP contribution in [0.4, 0.5) is 13.2 Å². The molecule has 0 radical (unpaired) electrons. The minimum absolute atomic E-state index is 0.355. The van der Waals surface area contributed by atoms with E-state index in [1.807, 2.05) is 6.92 Å². The van der Waals surface area contributed by atoms with E-state index in [2.05, 4.69) is 10.3 Å². The second kappa shape index (κ2) is 4.61. The molecule has 1 aromatic heterocycles. The summed E-state index contributed by atoms with van der Waals surface area (Å²) in [7, 11) is 0. The molecule has 0 saturated carbocycles. The van der Waals surface area contributed by atoms with Crippen molar-refractivity contribution in [3.05, 3.63) is 16.1 Å². The standard InChI is InChI=1S/C8H9F3N2OS/c1-2-3-12-7(14)5-6(8(9,10)11)13-4-15-5/h4H,2-3H2,1H3,(H,12,14). The zero-order valence-corrected chi connectivity index (χ0v) is 8.71. The number of hydrogen-bond acceptors (Lipinski definition) is 3. The number of carbonyl (C=O) groups is 1. The van der Waals surface area contributed by atoms with Crippen molar-refractivity contribution in [2.75, 3.05) is 6.54 Å². The third kappa shape index (κ3) is 2.92. The zero-order chi connectivity index (χ0) is 11.5. The topological polar surface area (TPSA) is 42.0 Å². The second-order valence-corrected chi connectivity index (χ2v) is 3.64.